The fraction of sp³-hybridized carbons (Fsp3) is 0.310. The first-order valence-corrected chi connectivity index (χ1v) is 13.1. The molecule has 1 aliphatic heterocycles. The molecule has 0 spiro atoms. The molecule has 0 radical (unpaired) electrons. The number of anilines is 2. The predicted molar refractivity (Wildman–Crippen MR) is 149 cm³/mol. The Kier molecular flexibility index (Phi) is 8.89. The Morgan fingerprint density at radius 3 is 2.35 bits per heavy atom. The molecule has 0 unspecified atom stereocenters. The normalized spacial score (nSPS) is 13.9. The lowest BCUT2D eigenvalue weighted by Gasteiger charge is -2.33. The number of benzene rings is 2. The maximum absolute atomic E-state index is 14.2. The number of nitrogens with zero attached hydrogens (tertiary/aromatic N) is 2. The number of pyridine rings is 1. The highest BCUT2D eigenvalue weighted by Gasteiger charge is 2.28. The van der Waals surface area contributed by atoms with Crippen molar-refractivity contribution in [1.29, 1.82) is 0 Å². The Hall–Kier alpha value is -4.18. The Balaban J connectivity index is 1.44. The summed E-state index contributed by atoms with van der Waals surface area (Å²) in [7, 11) is 0. The second-order valence-corrected chi connectivity index (χ2v) is 10.7. The van der Waals surface area contributed by atoms with Gasteiger partial charge in [0.1, 0.15) is 29.1 Å². The fourth-order valence-corrected chi connectivity index (χ4v) is 4.17. The molecular weight excluding hydrogens is 539 g/mol. The van der Waals surface area contributed by atoms with Gasteiger partial charge in [-0.2, -0.15) is 0 Å². The van der Waals surface area contributed by atoms with Crippen molar-refractivity contribution in [1.82, 2.24) is 9.88 Å². The van der Waals surface area contributed by atoms with Gasteiger partial charge in [-0.15, -0.1) is 0 Å². The van der Waals surface area contributed by atoms with Gasteiger partial charge in [-0.3, -0.25) is 9.59 Å². The smallest absolute Gasteiger partial charge is 0.410 e. The number of amides is 3. The molecule has 0 saturated carbocycles. The molecule has 210 valence electrons. The second kappa shape index (κ2) is 12.3. The Morgan fingerprint density at radius 1 is 0.975 bits per heavy atom. The maximum Gasteiger partial charge on any atom is 0.410 e. The van der Waals surface area contributed by atoms with Gasteiger partial charge in [0, 0.05) is 38.2 Å². The molecule has 1 fully saturated rings. The molecule has 0 bridgehead atoms. The third-order valence-corrected chi connectivity index (χ3v) is 6.19. The summed E-state index contributed by atoms with van der Waals surface area (Å²) < 4.78 is 25.6. The van der Waals surface area contributed by atoms with Crippen molar-refractivity contribution in [3.8, 4) is 5.75 Å². The van der Waals surface area contributed by atoms with Crippen LogP contribution in [0.3, 0.4) is 0 Å². The molecule has 2 heterocycles. The average Bonchev–Trinajstić information content (AvgIpc) is 2.90. The quantitative estimate of drug-likeness (QED) is 0.369. The van der Waals surface area contributed by atoms with Gasteiger partial charge >= 0.3 is 6.09 Å². The number of ether oxygens (including phenoxy) is 2. The summed E-state index contributed by atoms with van der Waals surface area (Å²) in [6.07, 6.45) is 1.64. The van der Waals surface area contributed by atoms with Crippen molar-refractivity contribution in [2.75, 3.05) is 23.7 Å². The number of aromatic nitrogens is 1. The van der Waals surface area contributed by atoms with Crippen LogP contribution in [0.4, 0.5) is 20.7 Å². The highest BCUT2D eigenvalue weighted by molar-refractivity contribution is 6.30. The SMILES string of the molecule is CC(C)(C)OC(=O)N1CCC(Oc2cc(F)ccc2C(=O)Nc2ccccc2C(=O)Nc2ccc(Cl)cn2)CC1. The molecule has 40 heavy (non-hydrogen) atoms. The molecule has 1 aliphatic rings. The lowest BCUT2D eigenvalue weighted by molar-refractivity contribution is 0.0126. The molecule has 4 rings (SSSR count). The minimum atomic E-state index is -0.597. The lowest BCUT2D eigenvalue weighted by atomic mass is 10.1. The van der Waals surface area contributed by atoms with Gasteiger partial charge in [0.15, 0.2) is 0 Å². The Labute approximate surface area is 236 Å². The Bertz CT molecular complexity index is 1390. The van der Waals surface area contributed by atoms with Crippen molar-refractivity contribution in [3.05, 3.63) is 82.8 Å². The van der Waals surface area contributed by atoms with E-state index in [1.54, 1.807) is 62.1 Å². The van der Waals surface area contributed by atoms with E-state index in [0.29, 0.717) is 36.8 Å². The molecule has 3 amide bonds. The van der Waals surface area contributed by atoms with Crippen molar-refractivity contribution in [2.24, 2.45) is 0 Å². The number of para-hydroxylation sites is 1. The third-order valence-electron chi connectivity index (χ3n) is 5.96. The number of rotatable bonds is 6. The van der Waals surface area contributed by atoms with E-state index < -0.39 is 29.3 Å². The number of nitrogens with one attached hydrogen (secondary N) is 2. The van der Waals surface area contributed by atoms with Crippen LogP contribution < -0.4 is 15.4 Å². The first-order chi connectivity index (χ1) is 19.0. The Morgan fingerprint density at radius 2 is 1.68 bits per heavy atom. The number of carbonyl (C=O) groups is 3. The molecule has 3 aromatic rings. The van der Waals surface area contributed by atoms with E-state index in [2.05, 4.69) is 15.6 Å². The van der Waals surface area contributed by atoms with Crippen LogP contribution in [0, 0.1) is 5.82 Å². The van der Waals surface area contributed by atoms with E-state index >= 15 is 0 Å². The molecule has 2 aromatic carbocycles. The molecule has 11 heteroatoms. The monoisotopic (exact) mass is 568 g/mol. The van der Waals surface area contributed by atoms with Gasteiger partial charge in [0.25, 0.3) is 11.8 Å². The predicted octanol–water partition coefficient (Wildman–Crippen LogP) is 6.16. The summed E-state index contributed by atoms with van der Waals surface area (Å²) in [5.74, 6) is -1.26. The standard InChI is InChI=1S/C29H30ClFN4O5/c1-29(2,3)40-28(38)35-14-12-20(13-15-35)39-24-16-19(31)9-10-22(24)27(37)33-23-7-5-4-6-21(23)26(36)34-25-11-8-18(30)17-32-25/h4-11,16-17,20H,12-15H2,1-3H3,(H,33,37)(H,32,34,36). The largest absolute Gasteiger partial charge is 0.489 e. The highest BCUT2D eigenvalue weighted by atomic mass is 35.5. The number of likely N-dealkylation sites (tertiary alicyclic amines) is 1. The number of hydrogen-bond donors (Lipinski definition) is 2. The van der Waals surface area contributed by atoms with Gasteiger partial charge in [0.2, 0.25) is 0 Å². The molecule has 2 N–H and O–H groups in total. The third kappa shape index (κ3) is 7.69. The topological polar surface area (TPSA) is 110 Å². The molecule has 1 aromatic heterocycles. The van der Waals surface area contributed by atoms with E-state index in [0.717, 1.165) is 12.1 Å². The van der Waals surface area contributed by atoms with Crippen LogP contribution in [0.25, 0.3) is 0 Å². The van der Waals surface area contributed by atoms with Crippen molar-refractivity contribution in [3.63, 3.8) is 0 Å². The van der Waals surface area contributed by atoms with Crippen LogP contribution in [0.1, 0.15) is 54.3 Å². The van der Waals surface area contributed by atoms with Gasteiger partial charge in [-0.1, -0.05) is 23.7 Å². The van der Waals surface area contributed by atoms with Gasteiger partial charge in [-0.25, -0.2) is 14.2 Å². The number of piperidine rings is 1. The molecule has 0 atom stereocenters. The summed E-state index contributed by atoms with van der Waals surface area (Å²) >= 11 is 5.85. The van der Waals surface area contributed by atoms with Gasteiger partial charge < -0.3 is 25.0 Å². The highest BCUT2D eigenvalue weighted by Crippen LogP contribution is 2.27. The van der Waals surface area contributed by atoms with E-state index in [-0.39, 0.29) is 28.7 Å². The minimum absolute atomic E-state index is 0.0699. The van der Waals surface area contributed by atoms with Crippen LogP contribution in [0.15, 0.2) is 60.8 Å². The zero-order chi connectivity index (χ0) is 28.9. The number of hydrogen-bond acceptors (Lipinski definition) is 6. The first-order valence-electron chi connectivity index (χ1n) is 12.8. The summed E-state index contributed by atoms with van der Waals surface area (Å²) in [4.78, 5) is 44.2. The van der Waals surface area contributed by atoms with Crippen LogP contribution in [0.5, 0.6) is 5.75 Å². The zero-order valence-electron chi connectivity index (χ0n) is 22.4. The summed E-state index contributed by atoms with van der Waals surface area (Å²) in [5.41, 5.74) is -0.0440. The van der Waals surface area contributed by atoms with Gasteiger partial charge in [-0.05, 0) is 57.2 Å². The summed E-state index contributed by atoms with van der Waals surface area (Å²) in [5, 5.41) is 5.82. The van der Waals surface area contributed by atoms with Crippen LogP contribution in [0.2, 0.25) is 5.02 Å². The summed E-state index contributed by atoms with van der Waals surface area (Å²) in [6.45, 7) is 6.22. The van der Waals surface area contributed by atoms with E-state index in [1.807, 2.05) is 0 Å². The van der Waals surface area contributed by atoms with Crippen LogP contribution >= 0.6 is 11.6 Å². The van der Waals surface area contributed by atoms with E-state index in [9.17, 15) is 18.8 Å². The first kappa shape index (κ1) is 28.8. The van der Waals surface area contributed by atoms with E-state index in [4.69, 9.17) is 21.1 Å². The number of halogens is 2. The van der Waals surface area contributed by atoms with Crippen molar-refractivity contribution >= 4 is 41.0 Å². The zero-order valence-corrected chi connectivity index (χ0v) is 23.1. The molecule has 1 saturated heterocycles. The van der Waals surface area contributed by atoms with E-state index in [1.165, 1.54) is 12.3 Å². The summed E-state index contributed by atoms with van der Waals surface area (Å²) in [6, 6.07) is 13.3. The fourth-order valence-electron chi connectivity index (χ4n) is 4.06. The van der Waals surface area contributed by atoms with Crippen molar-refractivity contribution < 1.29 is 28.2 Å². The van der Waals surface area contributed by atoms with Gasteiger partial charge in [0.05, 0.1) is 21.8 Å². The lowest BCUT2D eigenvalue weighted by Crippen LogP contribution is -2.44. The molecular formula is C29H30ClFN4O5. The molecule has 0 aliphatic carbocycles. The second-order valence-electron chi connectivity index (χ2n) is 10.2. The molecule has 9 nitrogen and oxygen atoms in total. The maximum atomic E-state index is 14.2. The van der Waals surface area contributed by atoms with Crippen LogP contribution in [-0.2, 0) is 4.74 Å². The minimum Gasteiger partial charge on any atom is -0.489 e. The van der Waals surface area contributed by atoms with Crippen molar-refractivity contribution in [2.45, 2.75) is 45.3 Å². The number of carbonyl (C=O) groups excluding carboxylic acids is 3. The average molecular weight is 569 g/mol. The van der Waals surface area contributed by atoms with Crippen LogP contribution in [-0.4, -0.2) is 52.6 Å².